The summed E-state index contributed by atoms with van der Waals surface area (Å²) in [6, 6.07) is 11.7. The quantitative estimate of drug-likeness (QED) is 0.516. The fourth-order valence-electron chi connectivity index (χ4n) is 4.03. The summed E-state index contributed by atoms with van der Waals surface area (Å²) in [5, 5.41) is 15.6. The van der Waals surface area contributed by atoms with Crippen molar-refractivity contribution in [3.63, 3.8) is 0 Å². The molecule has 3 aromatic rings. The van der Waals surface area contributed by atoms with E-state index in [0.717, 1.165) is 36.1 Å². The van der Waals surface area contributed by atoms with E-state index in [1.807, 2.05) is 35.9 Å². The molecule has 4 heterocycles. The van der Waals surface area contributed by atoms with Gasteiger partial charge in [-0.2, -0.15) is 5.10 Å². The van der Waals surface area contributed by atoms with E-state index in [2.05, 4.69) is 34.2 Å². The van der Waals surface area contributed by atoms with Gasteiger partial charge in [0.05, 0.1) is 30.9 Å². The minimum absolute atomic E-state index is 0.0977. The van der Waals surface area contributed by atoms with Gasteiger partial charge in [0.15, 0.2) is 5.16 Å². The van der Waals surface area contributed by atoms with Crippen molar-refractivity contribution >= 4 is 29.3 Å². The van der Waals surface area contributed by atoms with Crippen LogP contribution in [0.3, 0.4) is 0 Å². The molecule has 33 heavy (non-hydrogen) atoms. The van der Waals surface area contributed by atoms with Crippen molar-refractivity contribution in [1.29, 1.82) is 0 Å². The van der Waals surface area contributed by atoms with E-state index in [1.165, 1.54) is 17.3 Å². The summed E-state index contributed by atoms with van der Waals surface area (Å²) in [5.74, 6) is 1.63. The molecule has 1 atom stereocenters. The highest BCUT2D eigenvalue weighted by atomic mass is 32.2. The number of anilines is 1. The number of carbonyl (C=O) groups excluding carboxylic acids is 1. The smallest absolute Gasteiger partial charge is 0.253 e. The Labute approximate surface area is 196 Å². The van der Waals surface area contributed by atoms with E-state index in [-0.39, 0.29) is 17.7 Å². The van der Waals surface area contributed by atoms with E-state index in [9.17, 15) is 4.79 Å². The topological polar surface area (TPSA) is 89.0 Å². The fraction of sp³-hybridized carbons (Fsp3) is 0.391. The molecule has 0 bridgehead atoms. The van der Waals surface area contributed by atoms with Gasteiger partial charge in [0.25, 0.3) is 5.91 Å². The Morgan fingerprint density at radius 1 is 1.15 bits per heavy atom. The summed E-state index contributed by atoms with van der Waals surface area (Å²) < 4.78 is 13.0. The number of hydrogen-bond donors (Lipinski definition) is 0. The van der Waals surface area contributed by atoms with Crippen LogP contribution in [-0.4, -0.2) is 63.4 Å². The number of amides is 1. The van der Waals surface area contributed by atoms with Crippen LogP contribution < -0.4 is 4.90 Å². The molecule has 0 saturated carbocycles. The second kappa shape index (κ2) is 9.40. The Balaban J connectivity index is 1.31. The molecule has 5 rings (SSSR count). The number of furan rings is 1. The number of thioether (sulfide) groups is 1. The first-order chi connectivity index (χ1) is 16.1. The van der Waals surface area contributed by atoms with Gasteiger partial charge in [0, 0.05) is 26.6 Å². The summed E-state index contributed by atoms with van der Waals surface area (Å²) in [5.41, 5.74) is 3.08. The monoisotopic (exact) mass is 466 g/mol. The lowest BCUT2D eigenvalue weighted by Crippen LogP contribution is -2.37. The number of nitrogens with zero attached hydrogens (tertiary/aromatic N) is 6. The number of hydrazone groups is 1. The zero-order valence-corrected chi connectivity index (χ0v) is 19.5. The predicted molar refractivity (Wildman–Crippen MR) is 125 cm³/mol. The molecule has 2 aliphatic heterocycles. The molecule has 172 valence electrons. The molecular formula is C23H26N6O3S. The summed E-state index contributed by atoms with van der Waals surface area (Å²) >= 11 is 1.37. The molecule has 1 amide bonds. The number of ether oxygens (including phenoxy) is 1. The highest BCUT2D eigenvalue weighted by Gasteiger charge is 2.35. The van der Waals surface area contributed by atoms with Gasteiger partial charge >= 0.3 is 0 Å². The molecule has 0 radical (unpaired) electrons. The maximum atomic E-state index is 13.2. The lowest BCUT2D eigenvalue weighted by atomic mass is 10.0. The number of hydrogen-bond acceptors (Lipinski definition) is 8. The van der Waals surface area contributed by atoms with Crippen molar-refractivity contribution in [2.45, 2.75) is 24.5 Å². The number of aromatic nitrogens is 3. The summed E-state index contributed by atoms with van der Waals surface area (Å²) in [6.07, 6.45) is 2.24. The van der Waals surface area contributed by atoms with Crippen molar-refractivity contribution in [2.24, 2.45) is 12.1 Å². The van der Waals surface area contributed by atoms with Crippen LogP contribution in [0.2, 0.25) is 0 Å². The number of rotatable bonds is 6. The highest BCUT2D eigenvalue weighted by Crippen LogP contribution is 2.34. The molecule has 2 aliphatic rings. The third kappa shape index (κ3) is 4.53. The average molecular weight is 467 g/mol. The standard InChI is InChI=1S/C23H26N6O3S/c1-16-5-7-17(8-6-16)18-14-19(20-4-3-11-32-20)29(26-18)21(30)15-33-23-25-24-22(27(23)2)28-9-12-31-13-10-28/h3-8,11,19H,9-10,12-15H2,1-2H3. The molecule has 0 aliphatic carbocycles. The van der Waals surface area contributed by atoms with E-state index in [0.29, 0.717) is 24.8 Å². The maximum Gasteiger partial charge on any atom is 0.253 e. The number of morpholine rings is 1. The molecule has 0 N–H and O–H groups in total. The summed E-state index contributed by atoms with van der Waals surface area (Å²) in [6.45, 7) is 4.97. The van der Waals surface area contributed by atoms with Crippen LogP contribution in [0.5, 0.6) is 0 Å². The van der Waals surface area contributed by atoms with E-state index in [1.54, 1.807) is 11.3 Å². The van der Waals surface area contributed by atoms with Crippen LogP contribution in [0.1, 0.15) is 29.3 Å². The van der Waals surface area contributed by atoms with Gasteiger partial charge in [-0.3, -0.25) is 9.36 Å². The minimum Gasteiger partial charge on any atom is -0.467 e. The lowest BCUT2D eigenvalue weighted by Gasteiger charge is -2.27. The van der Waals surface area contributed by atoms with Gasteiger partial charge in [0.2, 0.25) is 5.95 Å². The molecule has 1 unspecified atom stereocenters. The van der Waals surface area contributed by atoms with Gasteiger partial charge in [-0.25, -0.2) is 5.01 Å². The van der Waals surface area contributed by atoms with E-state index in [4.69, 9.17) is 14.3 Å². The fourth-order valence-corrected chi connectivity index (χ4v) is 4.79. The van der Waals surface area contributed by atoms with Crippen molar-refractivity contribution in [3.05, 3.63) is 59.5 Å². The zero-order valence-electron chi connectivity index (χ0n) is 18.7. The molecule has 10 heteroatoms. The van der Waals surface area contributed by atoms with Gasteiger partial charge in [0.1, 0.15) is 11.8 Å². The molecule has 1 aromatic carbocycles. The predicted octanol–water partition coefficient (Wildman–Crippen LogP) is 3.02. The van der Waals surface area contributed by atoms with Crippen LogP contribution in [0.25, 0.3) is 0 Å². The second-order valence-electron chi connectivity index (χ2n) is 8.12. The van der Waals surface area contributed by atoms with E-state index < -0.39 is 0 Å². The lowest BCUT2D eigenvalue weighted by molar-refractivity contribution is -0.130. The van der Waals surface area contributed by atoms with Gasteiger partial charge < -0.3 is 14.1 Å². The Kier molecular flexibility index (Phi) is 6.19. The SMILES string of the molecule is Cc1ccc(C2=NN(C(=O)CSc3nnc(N4CCOCC4)n3C)C(c3ccco3)C2)cc1. The van der Waals surface area contributed by atoms with Crippen LogP contribution in [0.4, 0.5) is 5.95 Å². The van der Waals surface area contributed by atoms with Crippen LogP contribution >= 0.6 is 11.8 Å². The van der Waals surface area contributed by atoms with Gasteiger partial charge in [-0.05, 0) is 24.6 Å². The molecule has 1 fully saturated rings. The first-order valence-electron chi connectivity index (χ1n) is 10.9. The highest BCUT2D eigenvalue weighted by molar-refractivity contribution is 7.99. The number of carbonyl (C=O) groups is 1. The van der Waals surface area contributed by atoms with Crippen LogP contribution in [0, 0.1) is 6.92 Å². The zero-order chi connectivity index (χ0) is 22.8. The molecular weight excluding hydrogens is 440 g/mol. The van der Waals surface area contributed by atoms with Crippen molar-refractivity contribution in [1.82, 2.24) is 19.8 Å². The van der Waals surface area contributed by atoms with Gasteiger partial charge in [-0.1, -0.05) is 41.6 Å². The second-order valence-corrected chi connectivity index (χ2v) is 9.06. The minimum atomic E-state index is -0.257. The molecule has 0 spiro atoms. The van der Waals surface area contributed by atoms with Crippen molar-refractivity contribution in [3.8, 4) is 0 Å². The average Bonchev–Trinajstić information content (AvgIpc) is 3.59. The van der Waals surface area contributed by atoms with Crippen molar-refractivity contribution < 1.29 is 13.9 Å². The molecule has 2 aromatic heterocycles. The maximum absolute atomic E-state index is 13.2. The Morgan fingerprint density at radius 2 is 1.94 bits per heavy atom. The number of aryl methyl sites for hydroxylation is 1. The summed E-state index contributed by atoms with van der Waals surface area (Å²) in [4.78, 5) is 15.4. The summed E-state index contributed by atoms with van der Waals surface area (Å²) in [7, 11) is 1.92. The Bertz CT molecular complexity index is 1140. The van der Waals surface area contributed by atoms with E-state index >= 15 is 0 Å². The third-order valence-electron chi connectivity index (χ3n) is 5.85. The third-order valence-corrected chi connectivity index (χ3v) is 6.86. The first kappa shape index (κ1) is 21.7. The Morgan fingerprint density at radius 3 is 2.67 bits per heavy atom. The normalized spacial score (nSPS) is 18.6. The largest absolute Gasteiger partial charge is 0.467 e. The molecule has 9 nitrogen and oxygen atoms in total. The van der Waals surface area contributed by atoms with Crippen LogP contribution in [-0.2, 0) is 16.6 Å². The first-order valence-corrected chi connectivity index (χ1v) is 11.9. The van der Waals surface area contributed by atoms with Crippen molar-refractivity contribution in [2.75, 3.05) is 37.0 Å². The molecule has 1 saturated heterocycles. The number of benzene rings is 1. The Hall–Kier alpha value is -3.11. The van der Waals surface area contributed by atoms with Crippen LogP contribution in [0.15, 0.2) is 57.3 Å². The van der Waals surface area contributed by atoms with Gasteiger partial charge in [-0.15, -0.1) is 10.2 Å².